The van der Waals surface area contributed by atoms with Gasteiger partial charge in [-0.2, -0.15) is 26.3 Å². The van der Waals surface area contributed by atoms with E-state index in [1.165, 1.54) is 11.8 Å². The molecule has 12 heteroatoms. The average molecular weight is 667 g/mol. The Hall–Kier alpha value is -3.61. The van der Waals surface area contributed by atoms with E-state index >= 15 is 0 Å². The van der Waals surface area contributed by atoms with Crippen LogP contribution in [0, 0.1) is 0 Å². The van der Waals surface area contributed by atoms with Crippen LogP contribution < -0.4 is 5.73 Å². The number of likely N-dealkylation sites (tertiary alicyclic amines) is 1. The van der Waals surface area contributed by atoms with Gasteiger partial charge in [0, 0.05) is 13.2 Å². The second-order valence-corrected chi connectivity index (χ2v) is 12.1. The highest BCUT2D eigenvalue weighted by atomic mass is 19.4. The molecule has 6 nitrogen and oxygen atoms in total. The maximum atomic E-state index is 14.0. The minimum Gasteiger partial charge on any atom is -0.445 e. The van der Waals surface area contributed by atoms with Crippen molar-refractivity contribution in [3.05, 3.63) is 107 Å². The molecule has 0 spiro atoms. The first-order valence-corrected chi connectivity index (χ1v) is 15.5. The molecule has 1 aliphatic heterocycles. The normalized spacial score (nSPS) is 21.0. The molecule has 1 heterocycles. The molecule has 0 saturated carbocycles. The number of hydrogen-bond acceptors (Lipinski definition) is 5. The number of amides is 1. The summed E-state index contributed by atoms with van der Waals surface area (Å²) in [5.41, 5.74) is 2.87. The Bertz CT molecular complexity index is 1420. The number of nitrogens with two attached hydrogens (primary N) is 1. The fourth-order valence-corrected chi connectivity index (χ4v) is 5.67. The fourth-order valence-electron chi connectivity index (χ4n) is 5.67. The highest BCUT2D eigenvalue weighted by molar-refractivity contribution is 5.70. The molecule has 4 rings (SSSR count). The van der Waals surface area contributed by atoms with Crippen molar-refractivity contribution in [1.82, 2.24) is 4.90 Å². The van der Waals surface area contributed by atoms with Crippen LogP contribution in [0.15, 0.2) is 78.9 Å². The molecule has 2 N–H and O–H groups in total. The Kier molecular flexibility index (Phi) is 11.6. The first-order chi connectivity index (χ1) is 22.2. The monoisotopic (exact) mass is 666 g/mol. The number of nitrogens with zero attached hydrogens (tertiary/aromatic N) is 1. The largest absolute Gasteiger partial charge is 0.445 e. The number of piperidine rings is 1. The summed E-state index contributed by atoms with van der Waals surface area (Å²) in [7, 11) is 0. The van der Waals surface area contributed by atoms with E-state index in [1.807, 2.05) is 25.1 Å². The lowest BCUT2D eigenvalue weighted by molar-refractivity contribution is -0.143. The van der Waals surface area contributed by atoms with Crippen molar-refractivity contribution in [3.63, 3.8) is 0 Å². The molecule has 0 radical (unpaired) electrons. The SMILES string of the molecule is CCCCOC[C@]1(N)CC[C@@](CO[C@H](C)c2cc(C(F)(F)F)cc(C(F)(F)F)c2)(c2ccccc2)N(C(=O)OCc2ccccc2)C1. The molecule has 1 saturated heterocycles. The average Bonchev–Trinajstić information content (AvgIpc) is 3.05. The smallest absolute Gasteiger partial charge is 0.416 e. The van der Waals surface area contributed by atoms with E-state index in [0.717, 1.165) is 18.4 Å². The summed E-state index contributed by atoms with van der Waals surface area (Å²) in [4.78, 5) is 15.4. The second-order valence-electron chi connectivity index (χ2n) is 12.1. The summed E-state index contributed by atoms with van der Waals surface area (Å²) >= 11 is 0. The number of benzene rings is 3. The van der Waals surface area contributed by atoms with Gasteiger partial charge in [-0.25, -0.2) is 4.79 Å². The molecule has 1 aliphatic rings. The molecule has 0 aliphatic carbocycles. The number of halogens is 6. The Morgan fingerprint density at radius 3 is 2.06 bits per heavy atom. The van der Waals surface area contributed by atoms with Gasteiger partial charge >= 0.3 is 18.4 Å². The minimum absolute atomic E-state index is 0.00115. The van der Waals surface area contributed by atoms with Gasteiger partial charge in [0.15, 0.2) is 0 Å². The molecule has 0 aromatic heterocycles. The number of rotatable bonds is 12. The molecule has 0 unspecified atom stereocenters. The van der Waals surface area contributed by atoms with Crippen LogP contribution in [0.1, 0.15) is 73.5 Å². The van der Waals surface area contributed by atoms with Gasteiger partial charge in [-0.1, -0.05) is 74.0 Å². The number of unbranched alkanes of at least 4 members (excludes halogenated alkanes) is 1. The second kappa shape index (κ2) is 15.1. The predicted molar refractivity (Wildman–Crippen MR) is 164 cm³/mol. The zero-order valence-electron chi connectivity index (χ0n) is 26.4. The molecular formula is C35H40F6N2O4. The standard InChI is InChI=1S/C35H40F6N2O4/c1-3-4-17-45-23-32(42)15-16-33(28-13-9-6-10-14-28,43(22-32)31(44)46-21-26-11-7-5-8-12-26)24-47-25(2)27-18-29(34(36,37)38)20-30(19-27)35(39,40)41/h5-14,18-20,25H,3-4,15-17,21-24,42H2,1-2H3/t25-,32+,33-/m1/s1. The van der Waals surface area contributed by atoms with Crippen LogP contribution in [0.3, 0.4) is 0 Å². The van der Waals surface area contributed by atoms with Gasteiger partial charge in [0.25, 0.3) is 0 Å². The first kappa shape index (κ1) is 36.2. The van der Waals surface area contributed by atoms with Crippen LogP contribution in [-0.2, 0) is 38.7 Å². The quantitative estimate of drug-likeness (QED) is 0.155. The van der Waals surface area contributed by atoms with Crippen molar-refractivity contribution in [2.45, 2.75) is 75.7 Å². The minimum atomic E-state index is -5.01. The number of ether oxygens (including phenoxy) is 3. The molecule has 3 aromatic rings. The van der Waals surface area contributed by atoms with Crippen LogP contribution >= 0.6 is 0 Å². The van der Waals surface area contributed by atoms with Gasteiger partial charge in [-0.3, -0.25) is 4.90 Å². The third kappa shape index (κ3) is 9.27. The summed E-state index contributed by atoms with van der Waals surface area (Å²) in [5, 5.41) is 0. The van der Waals surface area contributed by atoms with Gasteiger partial charge in [-0.05, 0) is 61.1 Å². The van der Waals surface area contributed by atoms with Crippen LogP contribution in [0.4, 0.5) is 31.1 Å². The summed E-state index contributed by atoms with van der Waals surface area (Å²) in [5.74, 6) is 0. The van der Waals surface area contributed by atoms with Gasteiger partial charge in [0.1, 0.15) is 6.61 Å². The van der Waals surface area contributed by atoms with Crippen LogP contribution in [0.2, 0.25) is 0 Å². The van der Waals surface area contributed by atoms with Crippen LogP contribution in [-0.4, -0.2) is 42.9 Å². The van der Waals surface area contributed by atoms with E-state index in [0.29, 0.717) is 30.7 Å². The molecule has 256 valence electrons. The number of carbonyl (C=O) groups is 1. The molecule has 1 fully saturated rings. The zero-order valence-corrected chi connectivity index (χ0v) is 26.4. The van der Waals surface area contributed by atoms with E-state index in [1.54, 1.807) is 42.5 Å². The van der Waals surface area contributed by atoms with E-state index in [2.05, 4.69) is 0 Å². The van der Waals surface area contributed by atoms with E-state index in [4.69, 9.17) is 19.9 Å². The fraction of sp³-hybridized carbons (Fsp3) is 0.457. The van der Waals surface area contributed by atoms with Crippen molar-refractivity contribution in [2.75, 3.05) is 26.4 Å². The Balaban J connectivity index is 1.69. The number of carbonyl (C=O) groups excluding carboxylic acids is 1. The van der Waals surface area contributed by atoms with E-state index in [-0.39, 0.29) is 44.4 Å². The first-order valence-electron chi connectivity index (χ1n) is 15.5. The van der Waals surface area contributed by atoms with Crippen LogP contribution in [0.25, 0.3) is 0 Å². The third-order valence-electron chi connectivity index (χ3n) is 8.45. The van der Waals surface area contributed by atoms with Gasteiger partial charge in [0.2, 0.25) is 0 Å². The highest BCUT2D eigenvalue weighted by Gasteiger charge is 2.51. The maximum absolute atomic E-state index is 14.0. The third-order valence-corrected chi connectivity index (χ3v) is 8.45. The van der Waals surface area contributed by atoms with E-state index in [9.17, 15) is 31.1 Å². The van der Waals surface area contributed by atoms with Crippen molar-refractivity contribution in [3.8, 4) is 0 Å². The predicted octanol–water partition coefficient (Wildman–Crippen LogP) is 8.64. The van der Waals surface area contributed by atoms with Crippen molar-refractivity contribution in [2.24, 2.45) is 5.73 Å². The topological polar surface area (TPSA) is 74.0 Å². The van der Waals surface area contributed by atoms with Crippen molar-refractivity contribution >= 4 is 6.09 Å². The summed E-state index contributed by atoms with van der Waals surface area (Å²) < 4.78 is 99.4. The number of hydrogen-bond donors (Lipinski definition) is 1. The Morgan fingerprint density at radius 2 is 1.49 bits per heavy atom. The lowest BCUT2D eigenvalue weighted by Gasteiger charge is -2.52. The molecule has 3 aromatic carbocycles. The summed E-state index contributed by atoms with van der Waals surface area (Å²) in [6.07, 6.45) is -9.51. The van der Waals surface area contributed by atoms with Gasteiger partial charge < -0.3 is 19.9 Å². The maximum Gasteiger partial charge on any atom is 0.416 e. The Morgan fingerprint density at radius 1 is 0.894 bits per heavy atom. The molecule has 0 bridgehead atoms. The zero-order chi connectivity index (χ0) is 34.3. The molecular weight excluding hydrogens is 626 g/mol. The van der Waals surface area contributed by atoms with Crippen molar-refractivity contribution < 1.29 is 45.3 Å². The molecule has 47 heavy (non-hydrogen) atoms. The molecule has 3 atom stereocenters. The Labute approximate surface area is 270 Å². The van der Waals surface area contributed by atoms with Crippen LogP contribution in [0.5, 0.6) is 0 Å². The lowest BCUT2D eigenvalue weighted by atomic mass is 9.75. The van der Waals surface area contributed by atoms with Gasteiger partial charge in [-0.15, -0.1) is 0 Å². The number of alkyl halides is 6. The highest BCUT2D eigenvalue weighted by Crippen LogP contribution is 2.43. The van der Waals surface area contributed by atoms with E-state index < -0.39 is 46.8 Å². The van der Waals surface area contributed by atoms with Gasteiger partial charge in [0.05, 0.1) is 41.5 Å². The summed E-state index contributed by atoms with van der Waals surface area (Å²) in [6, 6.07) is 19.4. The van der Waals surface area contributed by atoms with Crippen molar-refractivity contribution in [1.29, 1.82) is 0 Å². The summed E-state index contributed by atoms with van der Waals surface area (Å²) in [6.45, 7) is 3.78. The lowest BCUT2D eigenvalue weighted by Crippen LogP contribution is -2.66. The molecule has 1 amide bonds.